The molecule has 1 aromatic carbocycles. The number of halogens is 1. The molecule has 1 aromatic heterocycles. The highest BCUT2D eigenvalue weighted by atomic mass is 35.5. The Hall–Kier alpha value is -1.83. The average Bonchev–Trinajstić information content (AvgIpc) is 3.12. The van der Waals surface area contributed by atoms with Gasteiger partial charge in [0, 0.05) is 15.5 Å². The molecule has 0 spiro atoms. The first-order valence-corrected chi connectivity index (χ1v) is 9.10. The molecule has 2 aromatic rings. The highest BCUT2D eigenvalue weighted by Crippen LogP contribution is 2.32. The van der Waals surface area contributed by atoms with Crippen molar-refractivity contribution in [3.63, 3.8) is 0 Å². The second-order valence-electron chi connectivity index (χ2n) is 4.72. The molecule has 8 heteroatoms. The number of ketones is 1. The number of ether oxygens (including phenoxy) is 1. The second kappa shape index (κ2) is 6.74. The number of carbonyl (C=O) groups excluding carboxylic acids is 1. The van der Waals surface area contributed by atoms with Crippen LogP contribution in [0.15, 0.2) is 53.4 Å². The zero-order valence-corrected chi connectivity index (χ0v) is 14.1. The first-order valence-electron chi connectivity index (χ1n) is 6.60. The smallest absolute Gasteiger partial charge is 0.249 e. The summed E-state index contributed by atoms with van der Waals surface area (Å²) in [6, 6.07) is 10.3. The van der Waals surface area contributed by atoms with Gasteiger partial charge < -0.3 is 14.7 Å². The van der Waals surface area contributed by atoms with Crippen LogP contribution in [-0.4, -0.2) is 9.99 Å². The van der Waals surface area contributed by atoms with E-state index < -0.39 is 23.0 Å². The van der Waals surface area contributed by atoms with Gasteiger partial charge in [-0.15, -0.1) is 11.3 Å². The third kappa shape index (κ3) is 3.57. The van der Waals surface area contributed by atoms with Gasteiger partial charge in [0.25, 0.3) is 0 Å². The molecule has 3 rings (SSSR count). The van der Waals surface area contributed by atoms with Gasteiger partial charge in [-0.1, -0.05) is 29.8 Å². The van der Waals surface area contributed by atoms with Crippen LogP contribution in [0.5, 0.6) is 0 Å². The molecule has 2 unspecified atom stereocenters. The molecule has 1 aliphatic rings. The van der Waals surface area contributed by atoms with Crippen molar-refractivity contribution in [1.82, 2.24) is 0 Å². The minimum atomic E-state index is -1.71. The number of thiophene rings is 1. The Morgan fingerprint density at radius 2 is 2.04 bits per heavy atom. The molecule has 0 fully saturated rings. The quantitative estimate of drug-likeness (QED) is 0.876. The monoisotopic (exact) mass is 369 g/mol. The molecule has 0 saturated heterocycles. The molecule has 23 heavy (non-hydrogen) atoms. The molecule has 1 aliphatic heterocycles. The topological polar surface area (TPSA) is 78.6 Å². The van der Waals surface area contributed by atoms with Crippen molar-refractivity contribution in [3.05, 3.63) is 68.9 Å². The summed E-state index contributed by atoms with van der Waals surface area (Å²) in [5.74, 6) is -0.619. The van der Waals surface area contributed by atoms with Gasteiger partial charge in [-0.3, -0.25) is 4.79 Å². The van der Waals surface area contributed by atoms with E-state index in [0.29, 0.717) is 10.6 Å². The Morgan fingerprint density at radius 1 is 1.30 bits per heavy atom. The first-order chi connectivity index (χ1) is 11.0. The van der Waals surface area contributed by atoms with E-state index in [-0.39, 0.29) is 17.4 Å². The maximum atomic E-state index is 12.4. The number of nitrogens with two attached hydrogens (primary N) is 1. The summed E-state index contributed by atoms with van der Waals surface area (Å²) >= 11 is 5.58. The van der Waals surface area contributed by atoms with Crippen LogP contribution >= 0.6 is 22.9 Å². The lowest BCUT2D eigenvalue weighted by molar-refractivity contribution is -0.123. The van der Waals surface area contributed by atoms with Crippen LogP contribution in [0.3, 0.4) is 0 Å². The third-order valence-corrected chi connectivity index (χ3v) is 5.33. The lowest BCUT2D eigenvalue weighted by Crippen LogP contribution is -2.13. The molecule has 0 saturated carbocycles. The van der Waals surface area contributed by atoms with Crippen molar-refractivity contribution >= 4 is 39.8 Å². The molecule has 0 aliphatic carbocycles. The molecule has 2 N–H and O–H groups in total. The summed E-state index contributed by atoms with van der Waals surface area (Å²) in [4.78, 5) is 13.3. The molecule has 120 valence electrons. The van der Waals surface area contributed by atoms with Gasteiger partial charge in [-0.25, -0.2) is 4.21 Å². The number of Topliss-reactive ketones (excluding diaryl/α,β-unsaturated/α-hetero) is 1. The Balaban J connectivity index is 1.70. The van der Waals surface area contributed by atoms with Crippen LogP contribution in [0.4, 0.5) is 0 Å². The van der Waals surface area contributed by atoms with Gasteiger partial charge >= 0.3 is 0 Å². The van der Waals surface area contributed by atoms with Crippen molar-refractivity contribution in [3.8, 4) is 0 Å². The normalized spacial score (nSPS) is 18.8. The van der Waals surface area contributed by atoms with Crippen LogP contribution in [-0.2, 0) is 30.5 Å². The number of hydrogen-bond donors (Lipinski definition) is 1. The Bertz CT molecular complexity index is 771. The molecular weight excluding hydrogens is 358 g/mol. The number of hydrogen-bond acceptors (Lipinski definition) is 6. The fourth-order valence-electron chi connectivity index (χ4n) is 2.05. The molecule has 0 amide bonds. The van der Waals surface area contributed by atoms with Crippen LogP contribution < -0.4 is 5.73 Å². The van der Waals surface area contributed by atoms with Gasteiger partial charge in [0.05, 0.1) is 5.75 Å². The summed E-state index contributed by atoms with van der Waals surface area (Å²) in [7, 11) is 0. The lowest BCUT2D eigenvalue weighted by atomic mass is 10.1. The minimum absolute atomic E-state index is 0.158. The van der Waals surface area contributed by atoms with E-state index in [9.17, 15) is 9.00 Å². The zero-order chi connectivity index (χ0) is 16.4. The van der Waals surface area contributed by atoms with E-state index in [1.165, 1.54) is 11.3 Å². The van der Waals surface area contributed by atoms with Crippen LogP contribution in [0, 0.1) is 0 Å². The van der Waals surface area contributed by atoms with E-state index >= 15 is 0 Å². The lowest BCUT2D eigenvalue weighted by Gasteiger charge is -2.09. The van der Waals surface area contributed by atoms with Crippen LogP contribution in [0.1, 0.15) is 16.5 Å². The molecule has 2 heterocycles. The van der Waals surface area contributed by atoms with Gasteiger partial charge in [0.2, 0.25) is 28.5 Å². The van der Waals surface area contributed by atoms with E-state index in [1.807, 2.05) is 17.5 Å². The van der Waals surface area contributed by atoms with Crippen LogP contribution in [0.25, 0.3) is 0 Å². The molecule has 5 nitrogen and oxygen atoms in total. The number of rotatable bonds is 5. The van der Waals surface area contributed by atoms with Gasteiger partial charge in [0.1, 0.15) is 0 Å². The zero-order valence-electron chi connectivity index (χ0n) is 11.7. The van der Waals surface area contributed by atoms with Crippen molar-refractivity contribution in [2.24, 2.45) is 5.73 Å². The maximum Gasteiger partial charge on any atom is 0.249 e. The molecular formula is C15H12ClNO4S2. The summed E-state index contributed by atoms with van der Waals surface area (Å²) in [5, 5.41) is 2.43. The van der Waals surface area contributed by atoms with Gasteiger partial charge in [-0.2, -0.15) is 0 Å². The molecule has 2 atom stereocenters. The van der Waals surface area contributed by atoms with Crippen molar-refractivity contribution in [1.29, 1.82) is 0 Å². The minimum Gasteiger partial charge on any atom is -0.460 e. The number of benzene rings is 1. The number of carbonyl (C=O) groups is 1. The SMILES string of the molecule is NC1=C(OS(=O)Cc2cccs2)C(=O)C(c2ccc(Cl)cc2)O1. The average molecular weight is 370 g/mol. The van der Waals surface area contributed by atoms with E-state index in [4.69, 9.17) is 26.3 Å². The predicted octanol–water partition coefficient (Wildman–Crippen LogP) is 3.05. The fraction of sp³-hybridized carbons (Fsp3) is 0.133. The van der Waals surface area contributed by atoms with E-state index in [0.717, 1.165) is 4.88 Å². The fourth-order valence-corrected chi connectivity index (χ4v) is 3.96. The largest absolute Gasteiger partial charge is 0.460 e. The van der Waals surface area contributed by atoms with E-state index in [2.05, 4.69) is 0 Å². The Labute approximate surface area is 144 Å². The van der Waals surface area contributed by atoms with Crippen molar-refractivity contribution in [2.45, 2.75) is 11.9 Å². The van der Waals surface area contributed by atoms with Crippen molar-refractivity contribution < 1.29 is 17.9 Å². The van der Waals surface area contributed by atoms with Gasteiger partial charge in [0.15, 0.2) is 6.10 Å². The maximum absolute atomic E-state index is 12.4. The summed E-state index contributed by atoms with van der Waals surface area (Å²) < 4.78 is 22.6. The summed E-state index contributed by atoms with van der Waals surface area (Å²) in [5.41, 5.74) is 6.30. The summed E-state index contributed by atoms with van der Waals surface area (Å²) in [6.45, 7) is 0. The molecule has 0 bridgehead atoms. The summed E-state index contributed by atoms with van der Waals surface area (Å²) in [6.07, 6.45) is -0.902. The van der Waals surface area contributed by atoms with E-state index in [1.54, 1.807) is 24.3 Å². The third-order valence-electron chi connectivity index (χ3n) is 3.12. The first kappa shape index (κ1) is 16.0. The van der Waals surface area contributed by atoms with Gasteiger partial charge in [-0.05, 0) is 23.6 Å². The highest BCUT2D eigenvalue weighted by molar-refractivity contribution is 7.79. The second-order valence-corrected chi connectivity index (χ2v) is 7.25. The Morgan fingerprint density at radius 3 is 2.70 bits per heavy atom. The Kier molecular flexibility index (Phi) is 4.70. The van der Waals surface area contributed by atoms with Crippen LogP contribution in [0.2, 0.25) is 5.02 Å². The standard InChI is InChI=1S/C15H12ClNO4S2/c16-10-5-3-9(4-6-10)13-12(18)14(15(17)20-13)21-23(19)8-11-2-1-7-22-11/h1-7,13H,8,17H2. The predicted molar refractivity (Wildman–Crippen MR) is 88.7 cm³/mol. The van der Waals surface area contributed by atoms with Crippen molar-refractivity contribution in [2.75, 3.05) is 0 Å². The highest BCUT2D eigenvalue weighted by Gasteiger charge is 2.38. The molecule has 0 radical (unpaired) electrons.